The Kier molecular flexibility index (Phi) is 18.2. The van der Waals surface area contributed by atoms with E-state index in [0.29, 0.717) is 0 Å². The molecule has 7 N–H and O–H groups in total. The fourth-order valence-corrected chi connectivity index (χ4v) is 2.35. The van der Waals surface area contributed by atoms with Crippen molar-refractivity contribution in [1.29, 1.82) is 0 Å². The largest absolute Gasteiger partial charge is 0.389 e. The average Bonchev–Trinajstić information content (AvgIpc) is 2.78. The molecule has 0 saturated heterocycles. The summed E-state index contributed by atoms with van der Waals surface area (Å²) in [6.07, 6.45) is 1.63. The maximum Gasteiger partial charge on any atom is 0.0761 e. The Morgan fingerprint density at radius 3 is 1.17 bits per heavy atom. The van der Waals surface area contributed by atoms with Crippen molar-refractivity contribution in [1.82, 2.24) is 0 Å². The first-order valence-corrected chi connectivity index (χ1v) is 10.5. The molecule has 0 bridgehead atoms. The van der Waals surface area contributed by atoms with Crippen LogP contribution < -0.4 is 17.2 Å². The van der Waals surface area contributed by atoms with Gasteiger partial charge in [0.2, 0.25) is 0 Å². The topological polar surface area (TPSA) is 98.3 Å². The Balaban J connectivity index is 0.000000394. The molecule has 0 amide bonds. The first-order valence-electron chi connectivity index (χ1n) is 10.5. The second-order valence-corrected chi connectivity index (χ2v) is 6.54. The molecule has 3 rings (SSSR count). The molecular formula is C26H39N3O. The molecule has 1 atom stereocenters. The molecule has 3 aromatic rings. The third-order valence-electron chi connectivity index (χ3n) is 3.83. The van der Waals surface area contributed by atoms with Crippen LogP contribution in [0.5, 0.6) is 0 Å². The van der Waals surface area contributed by atoms with Gasteiger partial charge in [0.15, 0.2) is 0 Å². The van der Waals surface area contributed by atoms with E-state index in [1.54, 1.807) is 6.92 Å². The number of hydrogen-bond acceptors (Lipinski definition) is 4. The van der Waals surface area contributed by atoms with Gasteiger partial charge in [-0.15, -0.1) is 0 Å². The summed E-state index contributed by atoms with van der Waals surface area (Å²) in [4.78, 5) is 0. The number of benzene rings is 3. The summed E-state index contributed by atoms with van der Waals surface area (Å²) in [6.45, 7) is 5.89. The highest BCUT2D eigenvalue weighted by Gasteiger charge is 1.95. The molecule has 0 radical (unpaired) electrons. The van der Waals surface area contributed by atoms with E-state index in [-0.39, 0.29) is 6.10 Å². The Morgan fingerprint density at radius 1 is 0.633 bits per heavy atom. The number of rotatable bonds is 5. The Labute approximate surface area is 182 Å². The van der Waals surface area contributed by atoms with E-state index in [1.165, 1.54) is 11.1 Å². The van der Waals surface area contributed by atoms with Crippen molar-refractivity contribution in [2.45, 2.75) is 32.8 Å². The maximum absolute atomic E-state index is 9.02. The van der Waals surface area contributed by atoms with E-state index in [4.69, 9.17) is 22.3 Å². The summed E-state index contributed by atoms with van der Waals surface area (Å²) in [5, 5.41) is 9.02. The van der Waals surface area contributed by atoms with Crippen molar-refractivity contribution in [2.75, 3.05) is 19.6 Å². The molecule has 0 aliphatic carbocycles. The summed E-state index contributed by atoms with van der Waals surface area (Å²) in [5.74, 6) is 0. The van der Waals surface area contributed by atoms with E-state index in [9.17, 15) is 0 Å². The zero-order valence-electron chi connectivity index (χ0n) is 18.5. The highest BCUT2D eigenvalue weighted by Crippen LogP contribution is 2.09. The van der Waals surface area contributed by atoms with Crippen LogP contribution in [0.25, 0.3) is 0 Å². The first kappa shape index (κ1) is 27.5. The summed E-state index contributed by atoms with van der Waals surface area (Å²) >= 11 is 0. The number of hydrogen-bond donors (Lipinski definition) is 4. The molecule has 30 heavy (non-hydrogen) atoms. The van der Waals surface area contributed by atoms with E-state index >= 15 is 0 Å². The smallest absolute Gasteiger partial charge is 0.0761 e. The zero-order valence-corrected chi connectivity index (χ0v) is 18.5. The van der Waals surface area contributed by atoms with Gasteiger partial charge in [0, 0.05) is 0 Å². The van der Waals surface area contributed by atoms with E-state index < -0.39 is 0 Å². The van der Waals surface area contributed by atoms with Crippen LogP contribution in [0.15, 0.2) is 91.0 Å². The van der Waals surface area contributed by atoms with Gasteiger partial charge < -0.3 is 22.3 Å². The van der Waals surface area contributed by atoms with E-state index in [1.807, 2.05) is 73.7 Å². The summed E-state index contributed by atoms with van der Waals surface area (Å²) < 4.78 is 0. The lowest BCUT2D eigenvalue weighted by molar-refractivity contribution is 0.199. The molecule has 0 aliphatic rings. The normalized spacial score (nSPS) is 10.2. The van der Waals surface area contributed by atoms with Gasteiger partial charge in [0.05, 0.1) is 6.10 Å². The van der Waals surface area contributed by atoms with Gasteiger partial charge in [0.1, 0.15) is 0 Å². The minimum absolute atomic E-state index is 0.341. The van der Waals surface area contributed by atoms with Gasteiger partial charge in [-0.3, -0.25) is 0 Å². The highest BCUT2D eigenvalue weighted by atomic mass is 16.3. The molecule has 1 unspecified atom stereocenters. The predicted molar refractivity (Wildman–Crippen MR) is 130 cm³/mol. The predicted octanol–water partition coefficient (Wildman–Crippen LogP) is 4.08. The van der Waals surface area contributed by atoms with E-state index in [0.717, 1.165) is 38.0 Å². The monoisotopic (exact) mass is 409 g/mol. The number of nitrogens with two attached hydrogens (primary N) is 3. The third kappa shape index (κ3) is 15.4. The third-order valence-corrected chi connectivity index (χ3v) is 3.83. The van der Waals surface area contributed by atoms with Gasteiger partial charge in [-0.1, -0.05) is 97.9 Å². The SMILES string of the molecule is CC(O)c1ccccc1.CCN.NCCc1ccccc1.NCCc1ccccc1. The van der Waals surface area contributed by atoms with Crippen molar-refractivity contribution < 1.29 is 5.11 Å². The van der Waals surface area contributed by atoms with E-state index in [2.05, 4.69) is 24.3 Å². The van der Waals surface area contributed by atoms with Crippen molar-refractivity contribution in [3.63, 3.8) is 0 Å². The van der Waals surface area contributed by atoms with Gasteiger partial charge >= 0.3 is 0 Å². The van der Waals surface area contributed by atoms with Gasteiger partial charge in [-0.25, -0.2) is 0 Å². The van der Waals surface area contributed by atoms with Gasteiger partial charge in [-0.2, -0.15) is 0 Å². The van der Waals surface area contributed by atoms with Crippen LogP contribution in [0, 0.1) is 0 Å². The summed E-state index contributed by atoms with van der Waals surface area (Å²) in [7, 11) is 0. The van der Waals surface area contributed by atoms with Crippen LogP contribution in [0.2, 0.25) is 0 Å². The number of aliphatic hydroxyl groups excluding tert-OH is 1. The van der Waals surface area contributed by atoms with Crippen molar-refractivity contribution >= 4 is 0 Å². The average molecular weight is 410 g/mol. The van der Waals surface area contributed by atoms with Gasteiger partial charge in [0.25, 0.3) is 0 Å². The van der Waals surface area contributed by atoms with Crippen molar-refractivity contribution in [2.24, 2.45) is 17.2 Å². The van der Waals surface area contributed by atoms with Crippen LogP contribution >= 0.6 is 0 Å². The molecule has 0 aromatic heterocycles. The second-order valence-electron chi connectivity index (χ2n) is 6.54. The fourth-order valence-electron chi connectivity index (χ4n) is 2.35. The lowest BCUT2D eigenvalue weighted by atomic mass is 10.1. The van der Waals surface area contributed by atoms with Gasteiger partial charge in [-0.05, 0) is 56.1 Å². The molecule has 0 spiro atoms. The Bertz CT molecular complexity index is 663. The van der Waals surface area contributed by atoms with Crippen LogP contribution in [-0.2, 0) is 12.8 Å². The van der Waals surface area contributed by atoms with Crippen LogP contribution in [0.1, 0.15) is 36.6 Å². The maximum atomic E-state index is 9.02. The molecule has 3 aromatic carbocycles. The quantitative estimate of drug-likeness (QED) is 0.510. The highest BCUT2D eigenvalue weighted by molar-refractivity contribution is 5.16. The van der Waals surface area contributed by atoms with Crippen LogP contribution in [-0.4, -0.2) is 24.7 Å². The van der Waals surface area contributed by atoms with Crippen molar-refractivity contribution in [3.05, 3.63) is 108 Å². The molecule has 4 heteroatoms. The molecule has 0 aliphatic heterocycles. The zero-order chi connectivity index (χ0) is 22.5. The minimum atomic E-state index is -0.341. The first-order chi connectivity index (χ1) is 14.6. The molecule has 0 heterocycles. The molecule has 0 fully saturated rings. The molecule has 4 nitrogen and oxygen atoms in total. The minimum Gasteiger partial charge on any atom is -0.389 e. The summed E-state index contributed by atoms with van der Waals surface area (Å²) in [5.41, 5.74) is 19.2. The standard InChI is InChI=1S/2C8H11N.C8H10O.C2H7N/c2*9-7-6-8-4-2-1-3-5-8;1-7(9)8-5-3-2-4-6-8;1-2-3/h2*1-5H,6-7,9H2;2-7,9H,1H3;2-3H2,1H3. The lowest BCUT2D eigenvalue weighted by Gasteiger charge is -2.00. The van der Waals surface area contributed by atoms with Crippen molar-refractivity contribution in [3.8, 4) is 0 Å². The Morgan fingerprint density at radius 2 is 0.933 bits per heavy atom. The second kappa shape index (κ2) is 19.8. The van der Waals surface area contributed by atoms with Crippen LogP contribution in [0.3, 0.4) is 0 Å². The number of aliphatic hydroxyl groups is 1. The van der Waals surface area contributed by atoms with Crippen LogP contribution in [0.4, 0.5) is 0 Å². The fraction of sp³-hybridized carbons (Fsp3) is 0.308. The molecular weight excluding hydrogens is 370 g/mol. The summed E-state index contributed by atoms with van der Waals surface area (Å²) in [6, 6.07) is 30.1. The molecule has 0 saturated carbocycles. The lowest BCUT2D eigenvalue weighted by Crippen LogP contribution is -2.01. The molecule has 164 valence electrons. The Hall–Kier alpha value is -2.50.